The minimum Gasteiger partial charge on any atom is -0.316 e. The van der Waals surface area contributed by atoms with Crippen LogP contribution >= 0.6 is 11.6 Å². The number of nitrogens with one attached hydrogen (secondary N) is 1. The molecule has 2 unspecified atom stereocenters. The number of likely N-dealkylation sites (N-methyl/N-ethyl adjacent to an activating group) is 1. The highest BCUT2D eigenvalue weighted by atomic mass is 35.5. The van der Waals surface area contributed by atoms with E-state index in [4.69, 9.17) is 11.6 Å². The van der Waals surface area contributed by atoms with E-state index >= 15 is 0 Å². The Morgan fingerprint density at radius 3 is 2.50 bits per heavy atom. The summed E-state index contributed by atoms with van der Waals surface area (Å²) >= 11 is 5.95. The van der Waals surface area contributed by atoms with Crippen LogP contribution in [0, 0.1) is 5.82 Å². The van der Waals surface area contributed by atoms with Crippen LogP contribution in [0.1, 0.15) is 24.0 Å². The van der Waals surface area contributed by atoms with Gasteiger partial charge >= 0.3 is 0 Å². The molecule has 3 heteroatoms. The third-order valence-electron chi connectivity index (χ3n) is 3.75. The normalized spacial score (nSPS) is 14.0. The van der Waals surface area contributed by atoms with Gasteiger partial charge in [-0.15, -0.1) is 0 Å². The molecular formula is C17H19ClFN. The number of hydrogen-bond donors (Lipinski definition) is 1. The maximum atomic E-state index is 13.8. The average molecular weight is 292 g/mol. The summed E-state index contributed by atoms with van der Waals surface area (Å²) in [7, 11) is 1.91. The molecule has 2 aromatic rings. The predicted molar refractivity (Wildman–Crippen MR) is 82.8 cm³/mol. The molecule has 0 bridgehead atoms. The van der Waals surface area contributed by atoms with E-state index in [2.05, 4.69) is 24.4 Å². The first-order valence-electron chi connectivity index (χ1n) is 6.78. The third-order valence-corrected chi connectivity index (χ3v) is 3.98. The van der Waals surface area contributed by atoms with Crippen LogP contribution in [0.25, 0.3) is 0 Å². The second-order valence-corrected chi connectivity index (χ2v) is 5.47. The van der Waals surface area contributed by atoms with Crippen molar-refractivity contribution >= 4 is 11.6 Å². The second-order valence-electron chi connectivity index (χ2n) is 5.03. The van der Waals surface area contributed by atoms with Gasteiger partial charge in [-0.25, -0.2) is 4.39 Å². The van der Waals surface area contributed by atoms with Gasteiger partial charge in [0.05, 0.1) is 0 Å². The first kappa shape index (κ1) is 15.0. The van der Waals surface area contributed by atoms with E-state index < -0.39 is 0 Å². The Kier molecular flexibility index (Phi) is 5.16. The fourth-order valence-corrected chi connectivity index (χ4v) is 2.65. The molecule has 0 aromatic heterocycles. The molecule has 0 aliphatic rings. The average Bonchev–Trinajstić information content (AvgIpc) is 2.48. The smallest absolute Gasteiger partial charge is 0.126 e. The van der Waals surface area contributed by atoms with Gasteiger partial charge in [-0.1, -0.05) is 48.9 Å². The topological polar surface area (TPSA) is 12.0 Å². The van der Waals surface area contributed by atoms with E-state index in [1.165, 1.54) is 11.6 Å². The van der Waals surface area contributed by atoms with Gasteiger partial charge < -0.3 is 5.32 Å². The van der Waals surface area contributed by atoms with Crippen molar-refractivity contribution in [3.05, 3.63) is 70.5 Å². The zero-order valence-corrected chi connectivity index (χ0v) is 12.5. The molecule has 1 nitrogen and oxygen atoms in total. The standard InChI is InChI=1S/C17H19ClFN/c1-12(13-6-4-3-5-7-13)17(20-2)11-14-10-15(18)8-9-16(14)19/h3-10,12,17,20H,11H2,1-2H3. The number of halogens is 2. The maximum absolute atomic E-state index is 13.8. The first-order valence-corrected chi connectivity index (χ1v) is 7.15. The molecule has 0 aliphatic heterocycles. The molecule has 0 amide bonds. The van der Waals surface area contributed by atoms with E-state index in [0.717, 1.165) is 0 Å². The molecule has 0 spiro atoms. The van der Waals surface area contributed by atoms with Gasteiger partial charge in [0.1, 0.15) is 5.82 Å². The predicted octanol–water partition coefficient (Wildman–Crippen LogP) is 4.41. The lowest BCUT2D eigenvalue weighted by Gasteiger charge is -2.24. The van der Waals surface area contributed by atoms with Crippen LogP contribution in [-0.2, 0) is 6.42 Å². The minimum absolute atomic E-state index is 0.158. The molecule has 0 saturated heterocycles. The lowest BCUT2D eigenvalue weighted by Crippen LogP contribution is -2.33. The largest absolute Gasteiger partial charge is 0.316 e. The van der Waals surface area contributed by atoms with Gasteiger partial charge in [-0.05, 0) is 48.7 Å². The van der Waals surface area contributed by atoms with Gasteiger partial charge in [0.2, 0.25) is 0 Å². The molecule has 0 saturated carbocycles. The number of benzene rings is 2. The highest BCUT2D eigenvalue weighted by molar-refractivity contribution is 6.30. The van der Waals surface area contributed by atoms with Crippen molar-refractivity contribution < 1.29 is 4.39 Å². The van der Waals surface area contributed by atoms with Gasteiger partial charge in [0, 0.05) is 11.1 Å². The molecule has 1 N–H and O–H groups in total. The highest BCUT2D eigenvalue weighted by Gasteiger charge is 2.19. The lowest BCUT2D eigenvalue weighted by atomic mass is 9.89. The van der Waals surface area contributed by atoms with Crippen LogP contribution in [0.15, 0.2) is 48.5 Å². The van der Waals surface area contributed by atoms with E-state index in [9.17, 15) is 4.39 Å². The van der Waals surface area contributed by atoms with Gasteiger partial charge in [0.15, 0.2) is 0 Å². The van der Waals surface area contributed by atoms with E-state index in [1.807, 2.05) is 25.2 Å². The Morgan fingerprint density at radius 2 is 1.85 bits per heavy atom. The minimum atomic E-state index is -0.199. The second kappa shape index (κ2) is 6.87. The Labute approximate surface area is 124 Å². The summed E-state index contributed by atoms with van der Waals surface area (Å²) in [5.41, 5.74) is 1.90. The van der Waals surface area contributed by atoms with Crippen molar-refractivity contribution in [1.82, 2.24) is 5.32 Å². The molecule has 2 aromatic carbocycles. The van der Waals surface area contributed by atoms with E-state index in [-0.39, 0.29) is 11.9 Å². The van der Waals surface area contributed by atoms with Crippen molar-refractivity contribution in [2.45, 2.75) is 25.3 Å². The quantitative estimate of drug-likeness (QED) is 0.860. The summed E-state index contributed by atoms with van der Waals surface area (Å²) in [5, 5.41) is 3.86. The third kappa shape index (κ3) is 3.59. The molecular weight excluding hydrogens is 273 g/mol. The van der Waals surface area contributed by atoms with E-state index in [0.29, 0.717) is 22.9 Å². The molecule has 106 valence electrons. The lowest BCUT2D eigenvalue weighted by molar-refractivity contribution is 0.472. The van der Waals surface area contributed by atoms with Gasteiger partial charge in [-0.3, -0.25) is 0 Å². The van der Waals surface area contributed by atoms with Crippen molar-refractivity contribution in [3.63, 3.8) is 0 Å². The molecule has 0 aliphatic carbocycles. The zero-order chi connectivity index (χ0) is 14.5. The fourth-order valence-electron chi connectivity index (χ4n) is 2.45. The molecule has 0 fully saturated rings. The Hall–Kier alpha value is -1.38. The zero-order valence-electron chi connectivity index (χ0n) is 11.7. The highest BCUT2D eigenvalue weighted by Crippen LogP contribution is 2.24. The molecule has 2 rings (SSSR count). The molecule has 20 heavy (non-hydrogen) atoms. The van der Waals surface area contributed by atoms with Crippen molar-refractivity contribution in [2.75, 3.05) is 7.05 Å². The van der Waals surface area contributed by atoms with Crippen LogP contribution in [0.3, 0.4) is 0 Å². The molecule has 2 atom stereocenters. The monoisotopic (exact) mass is 291 g/mol. The summed E-state index contributed by atoms with van der Waals surface area (Å²) in [6.45, 7) is 2.15. The summed E-state index contributed by atoms with van der Waals surface area (Å²) in [6, 6.07) is 15.1. The molecule has 0 heterocycles. The van der Waals surface area contributed by atoms with E-state index in [1.54, 1.807) is 12.1 Å². The number of rotatable bonds is 5. The van der Waals surface area contributed by atoms with Crippen LogP contribution < -0.4 is 5.32 Å². The molecule has 0 radical (unpaired) electrons. The Balaban J connectivity index is 2.18. The van der Waals surface area contributed by atoms with Crippen LogP contribution in [0.2, 0.25) is 5.02 Å². The SMILES string of the molecule is CNC(Cc1cc(Cl)ccc1F)C(C)c1ccccc1. The van der Waals surface area contributed by atoms with Gasteiger partial charge in [0.25, 0.3) is 0 Å². The van der Waals surface area contributed by atoms with Crippen LogP contribution in [-0.4, -0.2) is 13.1 Å². The first-order chi connectivity index (χ1) is 9.61. The van der Waals surface area contributed by atoms with Gasteiger partial charge in [-0.2, -0.15) is 0 Å². The summed E-state index contributed by atoms with van der Waals surface area (Å²) in [4.78, 5) is 0. The fraction of sp³-hybridized carbons (Fsp3) is 0.294. The summed E-state index contributed by atoms with van der Waals surface area (Å²) in [6.07, 6.45) is 0.610. The van der Waals surface area contributed by atoms with Crippen molar-refractivity contribution in [2.24, 2.45) is 0 Å². The van der Waals surface area contributed by atoms with Crippen molar-refractivity contribution in [3.8, 4) is 0 Å². The Bertz CT molecular complexity index is 556. The summed E-state index contributed by atoms with van der Waals surface area (Å²) < 4.78 is 13.8. The summed E-state index contributed by atoms with van der Waals surface area (Å²) in [5.74, 6) is 0.0921. The van der Waals surface area contributed by atoms with Crippen LogP contribution in [0.5, 0.6) is 0 Å². The maximum Gasteiger partial charge on any atom is 0.126 e. The van der Waals surface area contributed by atoms with Crippen LogP contribution in [0.4, 0.5) is 4.39 Å². The van der Waals surface area contributed by atoms with Crippen molar-refractivity contribution in [1.29, 1.82) is 0 Å². The Morgan fingerprint density at radius 1 is 1.15 bits per heavy atom. The number of hydrogen-bond acceptors (Lipinski definition) is 1.